The molecular formula is C15H19BrN4O. The summed E-state index contributed by atoms with van der Waals surface area (Å²) < 4.78 is 0.973. The Hall–Kier alpha value is -1.74. The van der Waals surface area contributed by atoms with Crippen molar-refractivity contribution in [2.24, 2.45) is 0 Å². The predicted molar refractivity (Wildman–Crippen MR) is 86.0 cm³/mol. The van der Waals surface area contributed by atoms with Crippen LogP contribution in [0, 0.1) is 11.3 Å². The van der Waals surface area contributed by atoms with Gasteiger partial charge in [0.15, 0.2) is 0 Å². The van der Waals surface area contributed by atoms with Gasteiger partial charge in [0.2, 0.25) is 0 Å². The van der Waals surface area contributed by atoms with Crippen LogP contribution in [-0.4, -0.2) is 48.6 Å². The van der Waals surface area contributed by atoms with Gasteiger partial charge in [-0.1, -0.05) is 22.0 Å². The van der Waals surface area contributed by atoms with E-state index in [1.807, 2.05) is 24.3 Å². The van der Waals surface area contributed by atoms with Crippen molar-refractivity contribution in [1.82, 2.24) is 9.80 Å². The first-order valence-electron chi connectivity index (χ1n) is 6.87. The lowest BCUT2D eigenvalue weighted by Gasteiger charge is -2.39. The number of nitrogens with one attached hydrogen (secondary N) is 1. The first-order chi connectivity index (χ1) is 9.96. The minimum atomic E-state index is -0.607. The maximum Gasteiger partial charge on any atom is 0.319 e. The Kier molecular flexibility index (Phi) is 4.73. The lowest BCUT2D eigenvalue weighted by Crippen LogP contribution is -2.52. The van der Waals surface area contributed by atoms with Gasteiger partial charge in [-0.3, -0.25) is 0 Å². The summed E-state index contributed by atoms with van der Waals surface area (Å²) in [6.07, 6.45) is 1.24. The number of nitrogens with zero attached hydrogens (tertiary/aromatic N) is 3. The van der Waals surface area contributed by atoms with E-state index < -0.39 is 5.54 Å². The van der Waals surface area contributed by atoms with Crippen LogP contribution < -0.4 is 5.32 Å². The van der Waals surface area contributed by atoms with Crippen molar-refractivity contribution in [2.45, 2.75) is 18.4 Å². The van der Waals surface area contributed by atoms with Gasteiger partial charge in [0.1, 0.15) is 5.54 Å². The number of piperidine rings is 1. The summed E-state index contributed by atoms with van der Waals surface area (Å²) in [6, 6.07) is 10.2. The molecule has 6 heteroatoms. The number of hydrogen-bond acceptors (Lipinski definition) is 3. The molecule has 1 heterocycles. The molecular weight excluding hydrogens is 332 g/mol. The molecule has 2 rings (SSSR count). The smallest absolute Gasteiger partial charge is 0.319 e. The Morgan fingerprint density at radius 3 is 2.62 bits per heavy atom. The number of anilines is 1. The second-order valence-corrected chi connectivity index (χ2v) is 6.41. The SMILES string of the molecule is CN(C)C(=O)N1CCC(C#N)(Nc2cccc(Br)c2)CC1. The summed E-state index contributed by atoms with van der Waals surface area (Å²) in [5, 5.41) is 12.9. The molecule has 0 saturated carbocycles. The van der Waals surface area contributed by atoms with Crippen LogP contribution in [0.4, 0.5) is 10.5 Å². The molecule has 1 aliphatic heterocycles. The van der Waals surface area contributed by atoms with Crippen molar-refractivity contribution in [3.63, 3.8) is 0 Å². The van der Waals surface area contributed by atoms with Gasteiger partial charge in [-0.25, -0.2) is 4.79 Å². The number of halogens is 1. The van der Waals surface area contributed by atoms with Crippen molar-refractivity contribution in [3.8, 4) is 6.07 Å². The van der Waals surface area contributed by atoms with Gasteiger partial charge in [0.25, 0.3) is 0 Å². The van der Waals surface area contributed by atoms with Crippen LogP contribution in [0.1, 0.15) is 12.8 Å². The van der Waals surface area contributed by atoms with E-state index in [2.05, 4.69) is 27.3 Å². The fourth-order valence-electron chi connectivity index (χ4n) is 2.47. The average Bonchev–Trinajstić information content (AvgIpc) is 2.47. The van der Waals surface area contributed by atoms with Crippen LogP contribution in [0.3, 0.4) is 0 Å². The lowest BCUT2D eigenvalue weighted by molar-refractivity contribution is 0.152. The first kappa shape index (κ1) is 15.6. The standard InChI is InChI=1S/C15H19BrN4O/c1-19(2)14(21)20-8-6-15(11-17,7-9-20)18-13-5-3-4-12(16)10-13/h3-5,10,18H,6-9H2,1-2H3. The number of nitriles is 1. The fraction of sp³-hybridized carbons (Fsp3) is 0.467. The minimum Gasteiger partial charge on any atom is -0.367 e. The summed E-state index contributed by atoms with van der Waals surface area (Å²) in [4.78, 5) is 15.3. The van der Waals surface area contributed by atoms with E-state index in [4.69, 9.17) is 0 Å². The second kappa shape index (κ2) is 6.35. The highest BCUT2D eigenvalue weighted by Gasteiger charge is 2.36. The molecule has 0 atom stereocenters. The molecule has 5 nitrogen and oxygen atoms in total. The molecule has 1 N–H and O–H groups in total. The molecule has 112 valence electrons. The van der Waals surface area contributed by atoms with Gasteiger partial charge in [-0.05, 0) is 18.2 Å². The van der Waals surface area contributed by atoms with Crippen molar-refractivity contribution in [3.05, 3.63) is 28.7 Å². The van der Waals surface area contributed by atoms with Gasteiger partial charge in [0, 0.05) is 50.2 Å². The number of hydrogen-bond donors (Lipinski definition) is 1. The Morgan fingerprint density at radius 1 is 1.43 bits per heavy atom. The van der Waals surface area contributed by atoms with E-state index in [0.717, 1.165) is 10.2 Å². The van der Waals surface area contributed by atoms with Gasteiger partial charge in [-0.2, -0.15) is 5.26 Å². The van der Waals surface area contributed by atoms with E-state index in [1.165, 1.54) is 0 Å². The topological polar surface area (TPSA) is 59.4 Å². The number of amides is 2. The number of likely N-dealkylation sites (tertiary alicyclic amines) is 1. The molecule has 1 aliphatic rings. The molecule has 0 aromatic heterocycles. The normalized spacial score (nSPS) is 17.0. The van der Waals surface area contributed by atoms with E-state index in [0.29, 0.717) is 25.9 Å². The van der Waals surface area contributed by atoms with E-state index in [1.54, 1.807) is 23.9 Å². The quantitative estimate of drug-likeness (QED) is 0.891. The maximum atomic E-state index is 11.9. The highest BCUT2D eigenvalue weighted by molar-refractivity contribution is 9.10. The van der Waals surface area contributed by atoms with Crippen molar-refractivity contribution >= 4 is 27.6 Å². The molecule has 1 saturated heterocycles. The third kappa shape index (κ3) is 3.67. The molecule has 0 bridgehead atoms. The largest absolute Gasteiger partial charge is 0.367 e. The molecule has 2 amide bonds. The minimum absolute atomic E-state index is 0.00370. The van der Waals surface area contributed by atoms with Crippen LogP contribution in [0.5, 0.6) is 0 Å². The van der Waals surface area contributed by atoms with Gasteiger partial charge in [-0.15, -0.1) is 0 Å². The van der Waals surface area contributed by atoms with E-state index >= 15 is 0 Å². The van der Waals surface area contributed by atoms with E-state index in [9.17, 15) is 10.1 Å². The van der Waals surface area contributed by atoms with Crippen LogP contribution in [-0.2, 0) is 0 Å². The van der Waals surface area contributed by atoms with Crippen LogP contribution in [0.15, 0.2) is 28.7 Å². The second-order valence-electron chi connectivity index (χ2n) is 5.49. The third-order valence-electron chi connectivity index (χ3n) is 3.69. The van der Waals surface area contributed by atoms with Crippen LogP contribution in [0.25, 0.3) is 0 Å². The van der Waals surface area contributed by atoms with Gasteiger partial charge >= 0.3 is 6.03 Å². The summed E-state index contributed by atoms with van der Waals surface area (Å²) in [5.74, 6) is 0. The lowest BCUT2D eigenvalue weighted by atomic mass is 9.88. The number of rotatable bonds is 2. The number of urea groups is 1. The highest BCUT2D eigenvalue weighted by Crippen LogP contribution is 2.28. The summed E-state index contributed by atoms with van der Waals surface area (Å²) >= 11 is 3.43. The molecule has 0 radical (unpaired) electrons. The fourth-order valence-corrected chi connectivity index (χ4v) is 2.87. The Balaban J connectivity index is 2.05. The van der Waals surface area contributed by atoms with Crippen LogP contribution in [0.2, 0.25) is 0 Å². The molecule has 1 aromatic carbocycles. The van der Waals surface area contributed by atoms with Crippen molar-refractivity contribution in [2.75, 3.05) is 32.5 Å². The number of benzene rings is 1. The third-order valence-corrected chi connectivity index (χ3v) is 4.19. The van der Waals surface area contributed by atoms with Crippen molar-refractivity contribution in [1.29, 1.82) is 5.26 Å². The highest BCUT2D eigenvalue weighted by atomic mass is 79.9. The monoisotopic (exact) mass is 350 g/mol. The average molecular weight is 351 g/mol. The van der Waals surface area contributed by atoms with Gasteiger partial charge < -0.3 is 15.1 Å². The Morgan fingerprint density at radius 2 is 2.10 bits per heavy atom. The molecule has 0 unspecified atom stereocenters. The Labute approximate surface area is 133 Å². The number of carbonyl (C=O) groups is 1. The number of carbonyl (C=O) groups excluding carboxylic acids is 1. The predicted octanol–water partition coefficient (Wildman–Crippen LogP) is 2.90. The molecule has 0 spiro atoms. The van der Waals surface area contributed by atoms with Crippen LogP contribution >= 0.6 is 15.9 Å². The molecule has 0 aliphatic carbocycles. The molecule has 1 fully saturated rings. The van der Waals surface area contributed by atoms with Crippen molar-refractivity contribution < 1.29 is 4.79 Å². The summed E-state index contributed by atoms with van der Waals surface area (Å²) in [5.41, 5.74) is 0.308. The zero-order valence-corrected chi connectivity index (χ0v) is 13.9. The summed E-state index contributed by atoms with van der Waals surface area (Å²) in [6.45, 7) is 1.18. The van der Waals surface area contributed by atoms with Gasteiger partial charge in [0.05, 0.1) is 6.07 Å². The zero-order chi connectivity index (χ0) is 15.5. The maximum absolute atomic E-state index is 11.9. The van der Waals surface area contributed by atoms with E-state index in [-0.39, 0.29) is 6.03 Å². The molecule has 21 heavy (non-hydrogen) atoms. The zero-order valence-electron chi connectivity index (χ0n) is 12.3. The Bertz CT molecular complexity index is 559. The molecule has 1 aromatic rings. The summed E-state index contributed by atoms with van der Waals surface area (Å²) in [7, 11) is 3.49. The first-order valence-corrected chi connectivity index (χ1v) is 7.66.